The minimum Gasteiger partial charge on any atom is -0.478 e. The van der Waals surface area contributed by atoms with Crippen LogP contribution in [0.5, 0.6) is 0 Å². The van der Waals surface area contributed by atoms with Crippen molar-refractivity contribution in [2.24, 2.45) is 5.41 Å². The molecule has 1 fully saturated rings. The molecule has 1 aliphatic rings. The van der Waals surface area contributed by atoms with Gasteiger partial charge in [0.05, 0.1) is 19.5 Å². The lowest BCUT2D eigenvalue weighted by atomic mass is 9.87. The highest BCUT2D eigenvalue weighted by Gasteiger charge is 2.50. The number of aliphatic hydroxyl groups is 2. The maximum Gasteiger partial charge on any atom is 0.481 e. The molecule has 308 valence electrons. The number of amides is 2. The first-order valence-corrected chi connectivity index (χ1v) is 20.9. The molecule has 3 heterocycles. The first kappa shape index (κ1) is 46.2. The van der Waals surface area contributed by atoms with Gasteiger partial charge in [-0.2, -0.15) is 4.31 Å². The fourth-order valence-corrected chi connectivity index (χ4v) is 7.87. The van der Waals surface area contributed by atoms with Gasteiger partial charge in [0.1, 0.15) is 36.3 Å². The van der Waals surface area contributed by atoms with Crippen LogP contribution in [0.2, 0.25) is 0 Å². The second kappa shape index (κ2) is 19.3. The number of nitrogens with one attached hydrogen (secondary N) is 2. The molecule has 26 nitrogen and oxygen atoms in total. The first-order chi connectivity index (χ1) is 25.4. The normalized spacial score (nSPS) is 21.9. The zero-order valence-electron chi connectivity index (χ0n) is 28.6. The van der Waals surface area contributed by atoms with Crippen molar-refractivity contribution in [2.45, 2.75) is 50.9 Å². The summed E-state index contributed by atoms with van der Waals surface area (Å²) in [5, 5.41) is 34.1. The number of nitrogens with two attached hydrogens (primary N) is 1. The Bertz CT molecular complexity index is 1890. The highest BCUT2D eigenvalue weighted by Crippen LogP contribution is 2.61. The number of ether oxygens (including phenoxy) is 1. The van der Waals surface area contributed by atoms with E-state index in [1.54, 1.807) is 0 Å². The quantitative estimate of drug-likeness (QED) is 0.0380. The fraction of sp³-hybridized carbons (Fsp3) is 0.560. The third-order valence-electron chi connectivity index (χ3n) is 7.11. The summed E-state index contributed by atoms with van der Waals surface area (Å²) < 4.78 is 61.9. The van der Waals surface area contributed by atoms with E-state index in [9.17, 15) is 62.7 Å². The molecule has 3 rings (SSSR count). The predicted molar refractivity (Wildman–Crippen MR) is 184 cm³/mol. The van der Waals surface area contributed by atoms with E-state index in [4.69, 9.17) is 24.6 Å². The topological polar surface area (TPSA) is 401 Å². The molecule has 0 aromatic carbocycles. The van der Waals surface area contributed by atoms with Crippen molar-refractivity contribution in [1.29, 1.82) is 0 Å². The summed E-state index contributed by atoms with van der Waals surface area (Å²) >= 11 is 0.762. The number of carbonyl (C=O) groups excluding carboxylic acids is 3. The van der Waals surface area contributed by atoms with Gasteiger partial charge in [0.2, 0.25) is 16.9 Å². The van der Waals surface area contributed by atoms with Crippen LogP contribution in [0.3, 0.4) is 0 Å². The summed E-state index contributed by atoms with van der Waals surface area (Å²) in [6.07, 6.45) is -5.59. The van der Waals surface area contributed by atoms with Crippen LogP contribution in [-0.4, -0.2) is 134 Å². The van der Waals surface area contributed by atoms with Crippen LogP contribution in [0.4, 0.5) is 5.82 Å². The average Bonchev–Trinajstić information content (AvgIpc) is 3.63. The Kier molecular flexibility index (Phi) is 16.2. The van der Waals surface area contributed by atoms with Crippen LogP contribution in [0.15, 0.2) is 24.8 Å². The predicted octanol–water partition coefficient (Wildman–Crippen LogP) is -1.69. The number of nitrogens with zero attached hydrogens (tertiary/aromatic N) is 4. The number of nitrogen functional groups attached to an aromatic ring is 1. The maximum atomic E-state index is 12.6. The van der Waals surface area contributed by atoms with Crippen LogP contribution >= 0.6 is 35.2 Å². The van der Waals surface area contributed by atoms with Crippen LogP contribution in [0.1, 0.15) is 26.5 Å². The van der Waals surface area contributed by atoms with Gasteiger partial charge in [-0.25, -0.2) is 33.4 Å². The molecular weight excluding hydrogens is 827 g/mol. The molecule has 2 aromatic rings. The van der Waals surface area contributed by atoms with Crippen molar-refractivity contribution in [1.82, 2.24) is 30.2 Å². The number of thioether (sulfide) groups is 1. The van der Waals surface area contributed by atoms with Gasteiger partial charge in [0, 0.05) is 36.8 Å². The Morgan fingerprint density at radius 3 is 2.38 bits per heavy atom. The molecule has 2 aromatic heterocycles. The molecule has 0 saturated carbocycles. The highest BCUT2D eigenvalue weighted by molar-refractivity contribution is 8.14. The average molecular weight is 866 g/mol. The highest BCUT2D eigenvalue weighted by atomic mass is 32.2. The molecule has 30 heteroatoms. The van der Waals surface area contributed by atoms with E-state index in [2.05, 4.69) is 34.4 Å². The number of phosphoric acid groups is 3. The maximum absolute atomic E-state index is 12.6. The molecule has 11 N–H and O–H groups in total. The lowest BCUT2D eigenvalue weighted by Gasteiger charge is -2.30. The van der Waals surface area contributed by atoms with Crippen molar-refractivity contribution in [3.05, 3.63) is 24.8 Å². The van der Waals surface area contributed by atoms with E-state index in [0.29, 0.717) is 6.08 Å². The largest absolute Gasteiger partial charge is 0.481 e. The Labute approximate surface area is 314 Å². The molecule has 0 radical (unpaired) electrons. The number of anilines is 1. The fourth-order valence-electron chi connectivity index (χ4n) is 4.47. The lowest BCUT2D eigenvalue weighted by molar-refractivity contribution is -0.137. The lowest BCUT2D eigenvalue weighted by Crippen LogP contribution is -2.46. The molecule has 0 bridgehead atoms. The number of fused-ring (bicyclic) bond motifs is 1. The van der Waals surface area contributed by atoms with Crippen LogP contribution < -0.4 is 16.4 Å². The Balaban J connectivity index is 1.50. The van der Waals surface area contributed by atoms with Crippen LogP contribution in [-0.2, 0) is 55.5 Å². The smallest absolute Gasteiger partial charge is 0.478 e. The number of hydrogen-bond donors (Lipinski definition) is 10. The van der Waals surface area contributed by atoms with Gasteiger partial charge in [0.15, 0.2) is 17.7 Å². The molecule has 2 amide bonds. The zero-order valence-corrected chi connectivity index (χ0v) is 32.1. The van der Waals surface area contributed by atoms with Crippen molar-refractivity contribution >= 4 is 75.1 Å². The van der Waals surface area contributed by atoms with Gasteiger partial charge in [-0.1, -0.05) is 25.6 Å². The Morgan fingerprint density at radius 1 is 1.05 bits per heavy atom. The van der Waals surface area contributed by atoms with E-state index >= 15 is 0 Å². The molecule has 7 atom stereocenters. The van der Waals surface area contributed by atoms with Gasteiger partial charge < -0.3 is 56.0 Å². The summed E-state index contributed by atoms with van der Waals surface area (Å²) in [5.74, 6) is -2.77. The van der Waals surface area contributed by atoms with E-state index in [1.807, 2.05) is 0 Å². The number of rotatable bonds is 21. The van der Waals surface area contributed by atoms with Crippen molar-refractivity contribution in [2.75, 3.05) is 37.8 Å². The minimum absolute atomic E-state index is 0.0182. The SMILES string of the molecule is CC(C)(COP(=O)(O)OP(=O)(O)OC[C@H]1O[C@@H](n2cnc3c(N)ncnc32)[C@H](O)[C@@H]1OP(=O)(O)O)[C@@H](O)C(=O)NCCC(=O)NCCSC(=O)/C=C\C(=O)O. The third-order valence-corrected chi connectivity index (χ3v) is 11.0. The number of imidazole rings is 1. The second-order valence-corrected chi connectivity index (χ2v) is 17.2. The first-order valence-electron chi connectivity index (χ1n) is 15.4. The zero-order chi connectivity index (χ0) is 41.4. The number of carboxylic acids is 1. The second-order valence-electron chi connectivity index (χ2n) is 11.9. The van der Waals surface area contributed by atoms with Gasteiger partial charge in [-0.05, 0) is 6.08 Å². The van der Waals surface area contributed by atoms with Gasteiger partial charge in [0.25, 0.3) is 0 Å². The molecular formula is C25H38N7O19P3S. The molecule has 0 aliphatic carbocycles. The number of hydrogen-bond acceptors (Lipinski definition) is 19. The summed E-state index contributed by atoms with van der Waals surface area (Å²) in [7, 11) is -16.4. The van der Waals surface area contributed by atoms with Gasteiger partial charge in [-0.3, -0.25) is 32.5 Å². The monoisotopic (exact) mass is 865 g/mol. The Hall–Kier alpha value is -3.23. The van der Waals surface area contributed by atoms with E-state index in [0.717, 1.165) is 35.1 Å². The molecule has 1 aliphatic heterocycles. The summed E-state index contributed by atoms with van der Waals surface area (Å²) in [6, 6.07) is 0. The number of aromatic nitrogens is 4. The summed E-state index contributed by atoms with van der Waals surface area (Å²) in [6.45, 7) is 0.151. The summed E-state index contributed by atoms with van der Waals surface area (Å²) in [4.78, 5) is 97.1. The van der Waals surface area contributed by atoms with E-state index in [-0.39, 0.29) is 42.2 Å². The molecule has 0 spiro atoms. The Morgan fingerprint density at radius 2 is 1.73 bits per heavy atom. The number of carboxylic acid groups (broad SMARTS) is 1. The van der Waals surface area contributed by atoms with Crippen LogP contribution in [0.25, 0.3) is 11.2 Å². The number of aliphatic hydroxyl groups excluding tert-OH is 2. The molecule has 2 unspecified atom stereocenters. The minimum atomic E-state index is -5.59. The summed E-state index contributed by atoms with van der Waals surface area (Å²) in [5.41, 5.74) is 4.19. The van der Waals surface area contributed by atoms with Gasteiger partial charge in [-0.15, -0.1) is 0 Å². The van der Waals surface area contributed by atoms with Crippen molar-refractivity contribution < 1.29 is 90.4 Å². The third kappa shape index (κ3) is 14.3. The van der Waals surface area contributed by atoms with Crippen molar-refractivity contribution in [3.63, 3.8) is 0 Å². The number of carbonyl (C=O) groups is 4. The number of phosphoric ester groups is 3. The van der Waals surface area contributed by atoms with Crippen molar-refractivity contribution in [3.8, 4) is 0 Å². The molecule has 55 heavy (non-hydrogen) atoms. The van der Waals surface area contributed by atoms with Crippen LogP contribution in [0, 0.1) is 5.41 Å². The van der Waals surface area contributed by atoms with E-state index < -0.39 is 95.6 Å². The van der Waals surface area contributed by atoms with Gasteiger partial charge >= 0.3 is 29.4 Å². The standard InChI is InChI=1S/C25H38N7O19P3S/c1-25(2,20(38)23(39)28-6-5-14(33)27-7-8-55-16(36)4-3-15(34)35)10-48-54(45,46)51-53(43,44)47-9-13-19(50-52(40,41)42)18(37)24(49-13)32-12-31-17-21(26)29-11-30-22(17)32/h3-4,11-13,18-20,24,37-38H,5-10H2,1-2H3,(H,27,33)(H,28,39)(H,34,35)(H,43,44)(H,45,46)(H2,26,29,30)(H2,40,41,42)/b4-3-/t13-,18-,19-,20+,24-/m1/s1. The molecule has 1 saturated heterocycles. The van der Waals surface area contributed by atoms with E-state index in [1.165, 1.54) is 13.8 Å². The number of aliphatic carboxylic acids is 1.